The van der Waals surface area contributed by atoms with Gasteiger partial charge in [-0.15, -0.1) is 0 Å². The highest BCUT2D eigenvalue weighted by Gasteiger charge is 2.37. The van der Waals surface area contributed by atoms with Crippen LogP contribution in [-0.2, 0) is 11.2 Å². The number of allylic oxidation sites excluding steroid dienone is 1. The number of nitrogens with one attached hydrogen (secondary N) is 1. The molecule has 0 atom stereocenters. The highest BCUT2D eigenvalue weighted by atomic mass is 19.4. The number of primary amides is 1. The molecule has 0 unspecified atom stereocenters. The fourth-order valence-corrected chi connectivity index (χ4v) is 1.49. The summed E-state index contributed by atoms with van der Waals surface area (Å²) in [6.45, 7) is 0. The van der Waals surface area contributed by atoms with Gasteiger partial charge in [0.15, 0.2) is 0 Å². The molecule has 1 aromatic carbocycles. The van der Waals surface area contributed by atoms with Crippen LogP contribution in [0.1, 0.15) is 11.1 Å². The number of rotatable bonds is 4. The molecule has 0 fully saturated rings. The Balaban J connectivity index is 2.96. The lowest BCUT2D eigenvalue weighted by molar-refractivity contribution is -0.127. The van der Waals surface area contributed by atoms with Crippen LogP contribution < -0.4 is 5.73 Å². The molecule has 104 valence electrons. The van der Waals surface area contributed by atoms with Crippen molar-refractivity contribution < 1.29 is 18.0 Å². The number of nitriles is 1. The molecule has 0 bridgehead atoms. The minimum absolute atomic E-state index is 0.137. The van der Waals surface area contributed by atoms with Crippen molar-refractivity contribution in [2.24, 2.45) is 5.73 Å². The first-order valence-corrected chi connectivity index (χ1v) is 5.39. The second-order valence-electron chi connectivity index (χ2n) is 3.93. The van der Waals surface area contributed by atoms with Gasteiger partial charge in [-0.3, -0.25) is 4.79 Å². The first-order chi connectivity index (χ1) is 9.24. The fourth-order valence-electron chi connectivity index (χ4n) is 1.49. The number of halogens is 3. The van der Waals surface area contributed by atoms with Crippen LogP contribution in [0.2, 0.25) is 0 Å². The number of alkyl halides is 3. The monoisotopic (exact) mass is 281 g/mol. The van der Waals surface area contributed by atoms with E-state index in [4.69, 9.17) is 10.7 Å². The summed E-state index contributed by atoms with van der Waals surface area (Å²) in [6, 6.07) is 8.01. The molecular weight excluding hydrogens is 271 g/mol. The smallest absolute Gasteiger partial charge is 0.366 e. The molecule has 1 aromatic rings. The maximum Gasteiger partial charge on any atom is 0.421 e. The number of carbonyl (C=O) groups is 1. The Hall–Kier alpha value is -2.62. The molecule has 0 aliphatic heterocycles. The average Bonchev–Trinajstić information content (AvgIpc) is 2.34. The lowest BCUT2D eigenvalue weighted by atomic mass is 10.0. The predicted molar refractivity (Wildman–Crippen MR) is 65.9 cm³/mol. The van der Waals surface area contributed by atoms with Crippen molar-refractivity contribution in [2.75, 3.05) is 0 Å². The molecule has 0 heterocycles. The maximum absolute atomic E-state index is 12.5. The van der Waals surface area contributed by atoms with Crippen molar-refractivity contribution in [1.29, 1.82) is 10.7 Å². The lowest BCUT2D eigenvalue weighted by Gasteiger charge is -2.08. The third-order valence-electron chi connectivity index (χ3n) is 2.34. The number of nitrogens with two attached hydrogens (primary N) is 1. The molecule has 0 aliphatic rings. The topological polar surface area (TPSA) is 90.7 Å². The molecule has 1 rings (SSSR count). The summed E-state index contributed by atoms with van der Waals surface area (Å²) in [5, 5.41) is 16.2. The molecule has 0 aromatic heterocycles. The minimum atomic E-state index is -4.90. The molecule has 3 N–H and O–H groups in total. The van der Waals surface area contributed by atoms with Crippen LogP contribution in [0.25, 0.3) is 0 Å². The number of carbonyl (C=O) groups excluding carboxylic acids is 1. The Kier molecular flexibility index (Phi) is 4.64. The summed E-state index contributed by atoms with van der Waals surface area (Å²) in [6.07, 6.45) is -4.63. The van der Waals surface area contributed by atoms with E-state index >= 15 is 0 Å². The number of amides is 1. The quantitative estimate of drug-likeness (QED) is 0.653. The van der Waals surface area contributed by atoms with Gasteiger partial charge in [0, 0.05) is 12.1 Å². The minimum Gasteiger partial charge on any atom is -0.366 e. The van der Waals surface area contributed by atoms with E-state index in [2.05, 4.69) is 5.73 Å². The van der Waals surface area contributed by atoms with Crippen molar-refractivity contribution in [1.82, 2.24) is 0 Å². The Morgan fingerprint density at radius 2 is 2.10 bits per heavy atom. The zero-order chi connectivity index (χ0) is 15.3. The van der Waals surface area contributed by atoms with Crippen LogP contribution in [0.4, 0.5) is 13.2 Å². The van der Waals surface area contributed by atoms with Gasteiger partial charge in [-0.1, -0.05) is 12.1 Å². The Morgan fingerprint density at radius 1 is 1.45 bits per heavy atom. The molecule has 1 amide bonds. The lowest BCUT2D eigenvalue weighted by Crippen LogP contribution is -2.27. The van der Waals surface area contributed by atoms with Gasteiger partial charge >= 0.3 is 6.18 Å². The SMILES string of the molecule is N#Cc1cccc(CC(=N)/C=C(\C(N)=O)C(F)(F)F)c1. The molecule has 0 saturated heterocycles. The number of hydrogen-bond donors (Lipinski definition) is 2. The molecule has 20 heavy (non-hydrogen) atoms. The number of hydrogen-bond acceptors (Lipinski definition) is 3. The largest absolute Gasteiger partial charge is 0.421 e. The molecule has 0 radical (unpaired) electrons. The summed E-state index contributed by atoms with van der Waals surface area (Å²) in [5.41, 5.74) is 3.48. The van der Waals surface area contributed by atoms with Gasteiger partial charge in [0.1, 0.15) is 5.57 Å². The normalized spacial score (nSPS) is 11.8. The van der Waals surface area contributed by atoms with Crippen LogP contribution in [-0.4, -0.2) is 17.8 Å². The standard InChI is InChI=1S/C13H10F3N3O/c14-13(15,16)11(12(19)20)6-10(18)5-8-2-1-3-9(4-8)7-17/h1-4,6,18H,5H2,(H2,19,20)/b11-6+,18-10?. The van der Waals surface area contributed by atoms with Gasteiger partial charge in [-0.25, -0.2) is 0 Å². The Labute approximate surface area is 112 Å². The zero-order valence-electron chi connectivity index (χ0n) is 10.2. The van der Waals surface area contributed by atoms with E-state index in [9.17, 15) is 18.0 Å². The van der Waals surface area contributed by atoms with E-state index < -0.39 is 23.4 Å². The first kappa shape index (κ1) is 15.4. The maximum atomic E-state index is 12.5. The van der Waals surface area contributed by atoms with Crippen LogP contribution in [0, 0.1) is 16.7 Å². The molecular formula is C13H10F3N3O. The third kappa shape index (κ3) is 4.24. The van der Waals surface area contributed by atoms with Gasteiger partial charge in [0.05, 0.1) is 11.6 Å². The van der Waals surface area contributed by atoms with Crippen LogP contribution >= 0.6 is 0 Å². The molecule has 4 nitrogen and oxygen atoms in total. The van der Waals surface area contributed by atoms with Crippen LogP contribution in [0.3, 0.4) is 0 Å². The van der Waals surface area contributed by atoms with Gasteiger partial charge in [-0.05, 0) is 23.8 Å². The summed E-state index contributed by atoms with van der Waals surface area (Å²) in [4.78, 5) is 10.7. The van der Waals surface area contributed by atoms with Crippen LogP contribution in [0.5, 0.6) is 0 Å². The summed E-state index contributed by atoms with van der Waals surface area (Å²) < 4.78 is 37.4. The van der Waals surface area contributed by atoms with Gasteiger partial charge in [0.2, 0.25) is 0 Å². The van der Waals surface area contributed by atoms with Crippen molar-refractivity contribution in [3.63, 3.8) is 0 Å². The van der Waals surface area contributed by atoms with E-state index in [-0.39, 0.29) is 6.42 Å². The zero-order valence-corrected chi connectivity index (χ0v) is 10.2. The second-order valence-corrected chi connectivity index (χ2v) is 3.93. The third-order valence-corrected chi connectivity index (χ3v) is 2.34. The summed E-state index contributed by atoms with van der Waals surface area (Å²) in [5.74, 6) is -1.63. The number of benzene rings is 1. The highest BCUT2D eigenvalue weighted by Crippen LogP contribution is 2.25. The average molecular weight is 281 g/mol. The van der Waals surface area contributed by atoms with Crippen LogP contribution in [0.15, 0.2) is 35.9 Å². The molecule has 0 spiro atoms. The fraction of sp³-hybridized carbons (Fsp3) is 0.154. The predicted octanol–water partition coefficient (Wildman–Crippen LogP) is 2.09. The summed E-state index contributed by atoms with van der Waals surface area (Å²) in [7, 11) is 0. The molecule has 0 aliphatic carbocycles. The van der Waals surface area contributed by atoms with Gasteiger partial charge in [0.25, 0.3) is 5.91 Å². The van der Waals surface area contributed by atoms with Crippen molar-refractivity contribution in [3.8, 4) is 6.07 Å². The van der Waals surface area contributed by atoms with E-state index in [0.717, 1.165) is 0 Å². The van der Waals surface area contributed by atoms with E-state index in [1.54, 1.807) is 12.1 Å². The van der Waals surface area contributed by atoms with E-state index in [1.165, 1.54) is 12.1 Å². The molecule has 0 saturated carbocycles. The first-order valence-electron chi connectivity index (χ1n) is 5.39. The van der Waals surface area contributed by atoms with E-state index in [0.29, 0.717) is 17.2 Å². The number of nitrogens with zero attached hydrogens (tertiary/aromatic N) is 1. The van der Waals surface area contributed by atoms with Gasteiger partial charge in [-0.2, -0.15) is 18.4 Å². The van der Waals surface area contributed by atoms with Crippen molar-refractivity contribution in [2.45, 2.75) is 12.6 Å². The second kappa shape index (κ2) is 6.02. The summed E-state index contributed by atoms with van der Waals surface area (Å²) >= 11 is 0. The van der Waals surface area contributed by atoms with Crippen molar-refractivity contribution in [3.05, 3.63) is 47.0 Å². The highest BCUT2D eigenvalue weighted by molar-refractivity contribution is 6.03. The Morgan fingerprint density at radius 3 is 2.60 bits per heavy atom. The van der Waals surface area contributed by atoms with Crippen molar-refractivity contribution >= 4 is 11.6 Å². The Bertz CT molecular complexity index is 612. The van der Waals surface area contributed by atoms with E-state index in [1.807, 2.05) is 6.07 Å². The van der Waals surface area contributed by atoms with Gasteiger partial charge < -0.3 is 11.1 Å². The molecule has 7 heteroatoms.